The minimum atomic E-state index is -3.54. The van der Waals surface area contributed by atoms with Gasteiger partial charge in [0.05, 0.1) is 0 Å². The van der Waals surface area contributed by atoms with Gasteiger partial charge in [-0.05, 0) is 56.5 Å². The van der Waals surface area contributed by atoms with Gasteiger partial charge in [-0.15, -0.1) is 0 Å². The Morgan fingerprint density at radius 1 is 1.17 bits per heavy atom. The van der Waals surface area contributed by atoms with Crippen molar-refractivity contribution in [3.05, 3.63) is 83.5 Å². The molecular formula is C19H20FNO2S. The third-order valence-corrected chi connectivity index (χ3v) is 6.84. The van der Waals surface area contributed by atoms with E-state index in [2.05, 4.69) is 0 Å². The molecule has 1 aliphatic carbocycles. The van der Waals surface area contributed by atoms with E-state index < -0.39 is 14.8 Å². The van der Waals surface area contributed by atoms with Gasteiger partial charge in [-0.25, -0.2) is 12.8 Å². The Bertz CT molecular complexity index is 893. The Labute approximate surface area is 142 Å². The van der Waals surface area contributed by atoms with Gasteiger partial charge in [-0.3, -0.25) is 3.97 Å². The van der Waals surface area contributed by atoms with Crippen LogP contribution >= 0.6 is 0 Å². The third kappa shape index (κ3) is 2.96. The lowest BCUT2D eigenvalue weighted by Gasteiger charge is -2.31. The molecule has 1 heterocycles. The van der Waals surface area contributed by atoms with Crippen LogP contribution < -0.4 is 0 Å². The zero-order valence-electron chi connectivity index (χ0n) is 13.7. The molecule has 126 valence electrons. The van der Waals surface area contributed by atoms with Crippen molar-refractivity contribution in [2.75, 3.05) is 0 Å². The molecule has 0 spiro atoms. The van der Waals surface area contributed by atoms with Crippen molar-refractivity contribution in [1.29, 1.82) is 0 Å². The maximum absolute atomic E-state index is 13.1. The molecule has 5 heteroatoms. The molecule has 1 aliphatic rings. The number of allylic oxidation sites excluding steroid dienone is 3. The Morgan fingerprint density at radius 3 is 2.42 bits per heavy atom. The van der Waals surface area contributed by atoms with Crippen LogP contribution in [-0.4, -0.2) is 17.1 Å². The topological polar surface area (TPSA) is 39.1 Å². The van der Waals surface area contributed by atoms with Gasteiger partial charge in [-0.1, -0.05) is 35.4 Å². The standard InChI is InChI=1S/C19H20FNO2S/c1-15-9-10-19(2,24(22,23)21-11-3-4-12-21)14-17(15)13-16-5-7-18(20)8-6-16/h3-12H,13-14H2,1-2H3. The van der Waals surface area contributed by atoms with E-state index in [1.165, 1.54) is 16.1 Å². The number of benzene rings is 1. The SMILES string of the molecule is CC1=C(Cc2ccc(F)cc2)CC(C)(S(=O)(=O)n2cccc2)C=C1. The zero-order chi connectivity index (χ0) is 17.4. The summed E-state index contributed by atoms with van der Waals surface area (Å²) in [6.45, 7) is 3.73. The lowest BCUT2D eigenvalue weighted by Crippen LogP contribution is -2.39. The minimum absolute atomic E-state index is 0.270. The van der Waals surface area contributed by atoms with E-state index in [0.717, 1.165) is 16.7 Å². The monoisotopic (exact) mass is 345 g/mol. The molecule has 0 amide bonds. The van der Waals surface area contributed by atoms with E-state index in [-0.39, 0.29) is 5.82 Å². The number of hydrogen-bond donors (Lipinski definition) is 0. The summed E-state index contributed by atoms with van der Waals surface area (Å²) in [7, 11) is -3.54. The van der Waals surface area contributed by atoms with Crippen molar-refractivity contribution in [1.82, 2.24) is 3.97 Å². The molecule has 1 aromatic heterocycles. The highest BCUT2D eigenvalue weighted by molar-refractivity contribution is 7.91. The molecule has 1 unspecified atom stereocenters. The maximum Gasteiger partial charge on any atom is 0.247 e. The van der Waals surface area contributed by atoms with Crippen LogP contribution in [0.25, 0.3) is 0 Å². The average molecular weight is 345 g/mol. The average Bonchev–Trinajstić information content (AvgIpc) is 3.08. The van der Waals surface area contributed by atoms with Crippen molar-refractivity contribution in [3.8, 4) is 0 Å². The van der Waals surface area contributed by atoms with Crippen LogP contribution in [0.3, 0.4) is 0 Å². The molecule has 0 fully saturated rings. The molecule has 0 bridgehead atoms. The summed E-state index contributed by atoms with van der Waals surface area (Å²) in [4.78, 5) is 0. The number of rotatable bonds is 4. The van der Waals surface area contributed by atoms with E-state index in [0.29, 0.717) is 12.8 Å². The Hall–Kier alpha value is -2.14. The number of nitrogens with zero attached hydrogens (tertiary/aromatic N) is 1. The van der Waals surface area contributed by atoms with Gasteiger partial charge in [0.15, 0.2) is 0 Å². The first-order chi connectivity index (χ1) is 11.3. The summed E-state index contributed by atoms with van der Waals surface area (Å²) in [5, 5.41) is 0. The van der Waals surface area contributed by atoms with Crippen molar-refractivity contribution >= 4 is 10.0 Å². The van der Waals surface area contributed by atoms with Crippen LogP contribution in [-0.2, 0) is 16.4 Å². The molecule has 1 aromatic carbocycles. The largest absolute Gasteiger partial charge is 0.252 e. The van der Waals surface area contributed by atoms with Gasteiger partial charge in [-0.2, -0.15) is 0 Å². The normalized spacial score (nSPS) is 21.3. The first-order valence-corrected chi connectivity index (χ1v) is 9.26. The lowest BCUT2D eigenvalue weighted by atomic mass is 9.87. The molecule has 3 nitrogen and oxygen atoms in total. The maximum atomic E-state index is 13.1. The summed E-state index contributed by atoms with van der Waals surface area (Å²) < 4.78 is 39.3. The Kier molecular flexibility index (Phi) is 4.22. The van der Waals surface area contributed by atoms with E-state index in [1.54, 1.807) is 49.7 Å². The van der Waals surface area contributed by atoms with Gasteiger partial charge >= 0.3 is 0 Å². The summed E-state index contributed by atoms with van der Waals surface area (Å²) >= 11 is 0. The second kappa shape index (κ2) is 6.06. The van der Waals surface area contributed by atoms with Gasteiger partial charge in [0, 0.05) is 12.4 Å². The molecule has 0 radical (unpaired) electrons. The predicted octanol–water partition coefficient (Wildman–Crippen LogP) is 4.08. The molecule has 0 aliphatic heterocycles. The quantitative estimate of drug-likeness (QED) is 0.837. The highest BCUT2D eigenvalue weighted by atomic mass is 32.2. The van der Waals surface area contributed by atoms with Crippen molar-refractivity contribution in [2.45, 2.75) is 31.4 Å². The molecule has 0 saturated heterocycles. The third-order valence-electron chi connectivity index (χ3n) is 4.58. The minimum Gasteiger partial charge on any atom is -0.252 e. The van der Waals surface area contributed by atoms with E-state index in [4.69, 9.17) is 0 Å². The summed E-state index contributed by atoms with van der Waals surface area (Å²) in [5.41, 5.74) is 3.10. The Morgan fingerprint density at radius 2 is 1.79 bits per heavy atom. The highest BCUT2D eigenvalue weighted by Gasteiger charge is 2.40. The van der Waals surface area contributed by atoms with E-state index in [1.807, 2.05) is 13.0 Å². The van der Waals surface area contributed by atoms with Gasteiger partial charge in [0.1, 0.15) is 10.6 Å². The van der Waals surface area contributed by atoms with Crippen molar-refractivity contribution in [3.63, 3.8) is 0 Å². The highest BCUT2D eigenvalue weighted by Crippen LogP contribution is 2.35. The molecule has 2 aromatic rings. The van der Waals surface area contributed by atoms with Crippen LogP contribution in [0, 0.1) is 5.82 Å². The van der Waals surface area contributed by atoms with E-state index >= 15 is 0 Å². The number of hydrogen-bond acceptors (Lipinski definition) is 2. The predicted molar refractivity (Wildman–Crippen MR) is 93.7 cm³/mol. The van der Waals surface area contributed by atoms with Crippen molar-refractivity contribution in [2.24, 2.45) is 0 Å². The second-order valence-electron chi connectivity index (χ2n) is 6.43. The molecule has 3 rings (SSSR count). The van der Waals surface area contributed by atoms with Crippen molar-refractivity contribution < 1.29 is 12.8 Å². The summed E-state index contributed by atoms with van der Waals surface area (Å²) in [5.74, 6) is -0.270. The molecule has 1 atom stereocenters. The van der Waals surface area contributed by atoms with Crippen LogP contribution in [0.4, 0.5) is 4.39 Å². The second-order valence-corrected chi connectivity index (χ2v) is 8.73. The molecular weight excluding hydrogens is 325 g/mol. The number of aromatic nitrogens is 1. The number of halogens is 1. The lowest BCUT2D eigenvalue weighted by molar-refractivity contribution is 0.547. The first-order valence-electron chi connectivity index (χ1n) is 7.82. The fourth-order valence-electron chi connectivity index (χ4n) is 2.99. The Balaban J connectivity index is 1.90. The summed E-state index contributed by atoms with van der Waals surface area (Å²) in [6, 6.07) is 9.75. The zero-order valence-corrected chi connectivity index (χ0v) is 14.6. The van der Waals surface area contributed by atoms with Crippen LogP contribution in [0.15, 0.2) is 72.1 Å². The van der Waals surface area contributed by atoms with Crippen LogP contribution in [0.1, 0.15) is 25.8 Å². The van der Waals surface area contributed by atoms with Gasteiger partial charge in [0.2, 0.25) is 10.0 Å². The van der Waals surface area contributed by atoms with Crippen LogP contribution in [0.5, 0.6) is 0 Å². The molecule has 0 N–H and O–H groups in total. The van der Waals surface area contributed by atoms with Gasteiger partial charge in [0.25, 0.3) is 0 Å². The van der Waals surface area contributed by atoms with Crippen LogP contribution in [0.2, 0.25) is 0 Å². The van der Waals surface area contributed by atoms with Gasteiger partial charge < -0.3 is 0 Å². The molecule has 24 heavy (non-hydrogen) atoms. The fraction of sp³-hybridized carbons (Fsp3) is 0.263. The molecule has 0 saturated carbocycles. The van der Waals surface area contributed by atoms with E-state index in [9.17, 15) is 12.8 Å². The fourth-order valence-corrected chi connectivity index (χ4v) is 4.53. The first kappa shape index (κ1) is 16.7. The summed E-state index contributed by atoms with van der Waals surface area (Å²) in [6.07, 6.45) is 7.80. The smallest absolute Gasteiger partial charge is 0.247 e.